The lowest BCUT2D eigenvalue weighted by Crippen LogP contribution is -2.03. The molecule has 25 heavy (non-hydrogen) atoms. The molecule has 2 rings (SSSR count). The van der Waals surface area contributed by atoms with Gasteiger partial charge in [-0.15, -0.1) is 0 Å². The fraction of sp³-hybridized carbons (Fsp3) is 0.316. The van der Waals surface area contributed by atoms with Crippen molar-refractivity contribution in [1.29, 1.82) is 0 Å². The van der Waals surface area contributed by atoms with Crippen LogP contribution in [0.1, 0.15) is 17.2 Å². The van der Waals surface area contributed by atoms with Gasteiger partial charge in [0.15, 0.2) is 23.0 Å². The van der Waals surface area contributed by atoms with Crippen LogP contribution < -0.4 is 18.9 Å². The lowest BCUT2D eigenvalue weighted by Gasteiger charge is -2.14. The van der Waals surface area contributed by atoms with E-state index in [4.69, 9.17) is 18.9 Å². The van der Waals surface area contributed by atoms with Gasteiger partial charge in [0.2, 0.25) is 0 Å². The zero-order valence-electron chi connectivity index (χ0n) is 14.9. The van der Waals surface area contributed by atoms with Crippen LogP contribution in [0.5, 0.6) is 23.0 Å². The zero-order valence-corrected chi connectivity index (χ0v) is 14.9. The molecule has 2 aromatic rings. The highest BCUT2D eigenvalue weighted by atomic mass is 16.5. The summed E-state index contributed by atoms with van der Waals surface area (Å²) >= 11 is 0. The number of hydrogen-bond donors (Lipinski definition) is 1. The SMILES string of the molecule is COc1ccc([C@@H](CO)N=Cc2cccc(OC)c2OC)cc1OC. The van der Waals surface area contributed by atoms with E-state index in [1.807, 2.05) is 24.3 Å². The molecule has 0 bridgehead atoms. The molecule has 1 N–H and O–H groups in total. The zero-order chi connectivity index (χ0) is 18.2. The number of ether oxygens (including phenoxy) is 4. The van der Waals surface area contributed by atoms with Crippen LogP contribution in [0.25, 0.3) is 0 Å². The first-order valence-electron chi connectivity index (χ1n) is 7.75. The van der Waals surface area contributed by atoms with Crippen LogP contribution in [-0.4, -0.2) is 46.4 Å². The fourth-order valence-electron chi connectivity index (χ4n) is 2.48. The number of benzene rings is 2. The molecular weight excluding hydrogens is 322 g/mol. The third-order valence-electron chi connectivity index (χ3n) is 3.79. The Morgan fingerprint density at radius 3 is 2.24 bits per heavy atom. The number of aliphatic imine (C=N–C) groups is 1. The van der Waals surface area contributed by atoms with Crippen molar-refractivity contribution >= 4 is 6.21 Å². The molecule has 6 heteroatoms. The van der Waals surface area contributed by atoms with Crippen LogP contribution in [-0.2, 0) is 0 Å². The second-order valence-corrected chi connectivity index (χ2v) is 5.17. The first-order valence-corrected chi connectivity index (χ1v) is 7.75. The van der Waals surface area contributed by atoms with E-state index in [2.05, 4.69) is 4.99 Å². The summed E-state index contributed by atoms with van der Waals surface area (Å²) in [5, 5.41) is 9.73. The van der Waals surface area contributed by atoms with Crippen LogP contribution in [0.4, 0.5) is 0 Å². The van der Waals surface area contributed by atoms with E-state index < -0.39 is 6.04 Å². The molecule has 2 aromatic carbocycles. The van der Waals surface area contributed by atoms with E-state index in [-0.39, 0.29) is 6.61 Å². The second-order valence-electron chi connectivity index (χ2n) is 5.17. The summed E-state index contributed by atoms with van der Waals surface area (Å²) in [6.07, 6.45) is 1.67. The molecule has 0 unspecified atom stereocenters. The van der Waals surface area contributed by atoms with Crippen molar-refractivity contribution in [1.82, 2.24) is 0 Å². The number of rotatable bonds is 8. The Morgan fingerprint density at radius 1 is 0.920 bits per heavy atom. The van der Waals surface area contributed by atoms with Gasteiger partial charge in [0.05, 0.1) is 41.1 Å². The quantitative estimate of drug-likeness (QED) is 0.745. The second kappa shape index (κ2) is 8.94. The van der Waals surface area contributed by atoms with Crippen molar-refractivity contribution in [2.24, 2.45) is 4.99 Å². The minimum Gasteiger partial charge on any atom is -0.493 e. The van der Waals surface area contributed by atoms with Gasteiger partial charge in [-0.25, -0.2) is 0 Å². The number of nitrogens with zero attached hydrogens (tertiary/aromatic N) is 1. The van der Waals surface area contributed by atoms with Crippen molar-refractivity contribution in [3.05, 3.63) is 47.5 Å². The minimum atomic E-state index is -0.435. The Kier molecular flexibility index (Phi) is 6.65. The number of aliphatic hydroxyl groups is 1. The van der Waals surface area contributed by atoms with E-state index in [9.17, 15) is 5.11 Å². The van der Waals surface area contributed by atoms with Crippen LogP contribution in [0, 0.1) is 0 Å². The lowest BCUT2D eigenvalue weighted by molar-refractivity contribution is 0.268. The molecule has 0 amide bonds. The fourth-order valence-corrected chi connectivity index (χ4v) is 2.48. The van der Waals surface area contributed by atoms with Gasteiger partial charge >= 0.3 is 0 Å². The van der Waals surface area contributed by atoms with Gasteiger partial charge in [-0.2, -0.15) is 0 Å². The van der Waals surface area contributed by atoms with Crippen molar-refractivity contribution < 1.29 is 24.1 Å². The molecule has 0 heterocycles. The van der Waals surface area contributed by atoms with Crippen LogP contribution in [0.3, 0.4) is 0 Å². The van der Waals surface area contributed by atoms with E-state index in [0.717, 1.165) is 11.1 Å². The third-order valence-corrected chi connectivity index (χ3v) is 3.79. The number of aliphatic hydroxyl groups excluding tert-OH is 1. The van der Waals surface area contributed by atoms with Crippen LogP contribution >= 0.6 is 0 Å². The first kappa shape index (κ1) is 18.6. The number of methoxy groups -OCH3 is 4. The lowest BCUT2D eigenvalue weighted by atomic mass is 10.1. The molecule has 0 aliphatic heterocycles. The average Bonchev–Trinajstić information content (AvgIpc) is 2.67. The van der Waals surface area contributed by atoms with Crippen molar-refractivity contribution in [2.75, 3.05) is 35.0 Å². The summed E-state index contributed by atoms with van der Waals surface area (Å²) < 4.78 is 21.2. The standard InChI is InChI=1S/C19H23NO5/c1-22-16-9-8-13(10-18(16)24-3)15(12-21)20-11-14-6-5-7-17(23-2)19(14)25-4/h5-11,15,21H,12H2,1-4H3/t15-/m1/s1. The summed E-state index contributed by atoms with van der Waals surface area (Å²) in [6, 6.07) is 10.5. The molecule has 0 radical (unpaired) electrons. The van der Waals surface area contributed by atoms with Gasteiger partial charge in [0, 0.05) is 11.8 Å². The molecule has 6 nitrogen and oxygen atoms in total. The summed E-state index contributed by atoms with van der Waals surface area (Å²) in [4.78, 5) is 4.49. The average molecular weight is 345 g/mol. The van der Waals surface area contributed by atoms with Gasteiger partial charge in [-0.3, -0.25) is 4.99 Å². The Bertz CT molecular complexity index is 730. The summed E-state index contributed by atoms with van der Waals surface area (Å²) in [5.41, 5.74) is 1.58. The van der Waals surface area contributed by atoms with E-state index in [1.165, 1.54) is 0 Å². The Balaban J connectivity index is 2.32. The molecule has 0 aliphatic rings. The van der Waals surface area contributed by atoms with Gasteiger partial charge in [-0.1, -0.05) is 12.1 Å². The molecule has 134 valence electrons. The Labute approximate surface area is 147 Å². The maximum absolute atomic E-state index is 9.73. The topological polar surface area (TPSA) is 69.5 Å². The van der Waals surface area contributed by atoms with Crippen molar-refractivity contribution in [2.45, 2.75) is 6.04 Å². The monoisotopic (exact) mass is 345 g/mol. The molecule has 0 saturated carbocycles. The highest BCUT2D eigenvalue weighted by Gasteiger charge is 2.13. The molecular formula is C19H23NO5. The molecule has 0 fully saturated rings. The summed E-state index contributed by atoms with van der Waals surface area (Å²) in [6.45, 7) is -0.141. The van der Waals surface area contributed by atoms with Gasteiger partial charge in [-0.05, 0) is 29.8 Å². The Hall–Kier alpha value is -2.73. The predicted molar refractivity (Wildman–Crippen MR) is 96.5 cm³/mol. The molecule has 1 atom stereocenters. The molecule has 0 aromatic heterocycles. The van der Waals surface area contributed by atoms with Crippen LogP contribution in [0.2, 0.25) is 0 Å². The highest BCUT2D eigenvalue weighted by Crippen LogP contribution is 2.32. The van der Waals surface area contributed by atoms with E-state index in [0.29, 0.717) is 23.0 Å². The van der Waals surface area contributed by atoms with Gasteiger partial charge in [0.1, 0.15) is 0 Å². The maximum Gasteiger partial charge on any atom is 0.169 e. The van der Waals surface area contributed by atoms with Crippen molar-refractivity contribution in [3.8, 4) is 23.0 Å². The highest BCUT2D eigenvalue weighted by molar-refractivity contribution is 5.85. The number of hydrogen-bond acceptors (Lipinski definition) is 6. The van der Waals surface area contributed by atoms with Crippen LogP contribution in [0.15, 0.2) is 41.4 Å². The first-order chi connectivity index (χ1) is 12.2. The predicted octanol–water partition coefficient (Wildman–Crippen LogP) is 2.87. The van der Waals surface area contributed by atoms with Crippen molar-refractivity contribution in [3.63, 3.8) is 0 Å². The summed E-state index contributed by atoms with van der Waals surface area (Å²) in [5.74, 6) is 2.44. The largest absolute Gasteiger partial charge is 0.493 e. The van der Waals surface area contributed by atoms with E-state index in [1.54, 1.807) is 46.8 Å². The molecule has 0 aliphatic carbocycles. The van der Waals surface area contributed by atoms with E-state index >= 15 is 0 Å². The smallest absolute Gasteiger partial charge is 0.169 e. The number of para-hydroxylation sites is 1. The summed E-state index contributed by atoms with van der Waals surface area (Å²) in [7, 11) is 6.31. The normalized spacial score (nSPS) is 12.0. The molecule has 0 saturated heterocycles. The minimum absolute atomic E-state index is 0.141. The van der Waals surface area contributed by atoms with Gasteiger partial charge < -0.3 is 24.1 Å². The third kappa shape index (κ3) is 4.22. The van der Waals surface area contributed by atoms with Gasteiger partial charge in [0.25, 0.3) is 0 Å². The molecule has 0 spiro atoms. The maximum atomic E-state index is 9.73. The Morgan fingerprint density at radius 2 is 1.64 bits per heavy atom.